The van der Waals surface area contributed by atoms with Gasteiger partial charge in [-0.1, -0.05) is 17.3 Å². The Morgan fingerprint density at radius 1 is 1.23 bits per heavy atom. The monoisotopic (exact) mass is 412 g/mol. The molecule has 7 nitrogen and oxygen atoms in total. The number of likely N-dealkylation sites (N-methyl/N-ethyl adjacent to an activating group) is 1. The topological polar surface area (TPSA) is 80.5 Å². The summed E-state index contributed by atoms with van der Waals surface area (Å²) < 4.78 is 23.5. The first-order valence-corrected chi connectivity index (χ1v) is 9.62. The van der Waals surface area contributed by atoms with Crippen LogP contribution in [0.25, 0.3) is 11.4 Å². The van der Waals surface area contributed by atoms with E-state index < -0.39 is 0 Å². The van der Waals surface area contributed by atoms with E-state index in [-0.39, 0.29) is 24.2 Å². The van der Waals surface area contributed by atoms with Crippen LogP contribution >= 0.6 is 0 Å². The number of benzene rings is 2. The van der Waals surface area contributed by atoms with Crippen molar-refractivity contribution in [3.63, 3.8) is 0 Å². The number of carbonyl (C=O) groups is 1. The Kier molecular flexibility index (Phi) is 7.13. The van der Waals surface area contributed by atoms with E-state index in [4.69, 9.17) is 9.26 Å². The molecule has 1 atom stereocenters. The van der Waals surface area contributed by atoms with E-state index >= 15 is 0 Å². The first-order chi connectivity index (χ1) is 14.5. The summed E-state index contributed by atoms with van der Waals surface area (Å²) in [5.41, 5.74) is 1.71. The third kappa shape index (κ3) is 5.64. The van der Waals surface area contributed by atoms with Crippen LogP contribution in [-0.4, -0.2) is 48.7 Å². The third-order valence-corrected chi connectivity index (χ3v) is 4.73. The molecule has 0 aliphatic carbocycles. The largest absolute Gasteiger partial charge is 0.497 e. The van der Waals surface area contributed by atoms with Gasteiger partial charge in [0, 0.05) is 24.9 Å². The first kappa shape index (κ1) is 21.4. The number of hydrogen-bond donors (Lipinski definition) is 1. The quantitative estimate of drug-likeness (QED) is 0.581. The fourth-order valence-electron chi connectivity index (χ4n) is 3.04. The van der Waals surface area contributed by atoms with Crippen LogP contribution in [0, 0.1) is 5.82 Å². The van der Waals surface area contributed by atoms with Crippen molar-refractivity contribution in [3.8, 4) is 17.1 Å². The fraction of sp³-hybridized carbons (Fsp3) is 0.318. The number of aryl methyl sites for hydroxylation is 1. The lowest BCUT2D eigenvalue weighted by Crippen LogP contribution is -2.34. The number of methoxy groups -OCH3 is 1. The molecule has 0 saturated heterocycles. The molecule has 1 unspecified atom stereocenters. The van der Waals surface area contributed by atoms with Crippen molar-refractivity contribution in [2.45, 2.75) is 18.9 Å². The van der Waals surface area contributed by atoms with Crippen LogP contribution in [-0.2, 0) is 11.2 Å². The Bertz CT molecular complexity index is 973. The summed E-state index contributed by atoms with van der Waals surface area (Å²) in [6, 6.07) is 13.6. The van der Waals surface area contributed by atoms with E-state index in [1.165, 1.54) is 12.1 Å². The van der Waals surface area contributed by atoms with Crippen molar-refractivity contribution < 1.29 is 18.4 Å². The maximum Gasteiger partial charge on any atom is 0.227 e. The molecule has 1 amide bonds. The molecule has 1 heterocycles. The van der Waals surface area contributed by atoms with Crippen molar-refractivity contribution in [1.29, 1.82) is 0 Å². The zero-order valence-electron chi connectivity index (χ0n) is 17.3. The van der Waals surface area contributed by atoms with Crippen LogP contribution in [0.5, 0.6) is 5.75 Å². The lowest BCUT2D eigenvalue weighted by Gasteiger charge is -2.25. The van der Waals surface area contributed by atoms with Gasteiger partial charge in [-0.3, -0.25) is 4.79 Å². The summed E-state index contributed by atoms with van der Waals surface area (Å²) in [4.78, 5) is 18.6. The molecule has 1 N–H and O–H groups in total. The van der Waals surface area contributed by atoms with Gasteiger partial charge in [0.1, 0.15) is 11.6 Å². The van der Waals surface area contributed by atoms with E-state index in [0.29, 0.717) is 30.2 Å². The molecule has 2 aromatic carbocycles. The number of halogens is 1. The van der Waals surface area contributed by atoms with Crippen molar-refractivity contribution >= 4 is 5.91 Å². The van der Waals surface area contributed by atoms with Gasteiger partial charge in [0.2, 0.25) is 17.6 Å². The summed E-state index contributed by atoms with van der Waals surface area (Å²) in [7, 11) is 5.56. The molecule has 0 fully saturated rings. The van der Waals surface area contributed by atoms with Crippen LogP contribution in [0.2, 0.25) is 0 Å². The van der Waals surface area contributed by atoms with Crippen molar-refractivity contribution in [1.82, 2.24) is 20.4 Å². The minimum atomic E-state index is -0.330. The van der Waals surface area contributed by atoms with Gasteiger partial charge in [0.25, 0.3) is 0 Å². The number of rotatable bonds is 9. The van der Waals surface area contributed by atoms with Crippen molar-refractivity contribution in [2.24, 2.45) is 0 Å². The number of nitrogens with one attached hydrogen (secondary N) is 1. The normalized spacial score (nSPS) is 12.0. The molecule has 0 aliphatic heterocycles. The number of carbonyl (C=O) groups excluding carboxylic acids is 1. The number of nitrogens with zero attached hydrogens (tertiary/aromatic N) is 3. The molecule has 30 heavy (non-hydrogen) atoms. The molecule has 0 aliphatic rings. The Morgan fingerprint density at radius 3 is 2.70 bits per heavy atom. The molecule has 158 valence electrons. The predicted octanol–water partition coefficient (Wildman–Crippen LogP) is 3.24. The molecule has 3 aromatic rings. The molecule has 0 radical (unpaired) electrons. The van der Waals surface area contributed by atoms with Crippen LogP contribution in [0.4, 0.5) is 4.39 Å². The molecule has 0 spiro atoms. The van der Waals surface area contributed by atoms with E-state index in [2.05, 4.69) is 15.5 Å². The summed E-state index contributed by atoms with van der Waals surface area (Å²) in [5, 5.41) is 6.85. The van der Waals surface area contributed by atoms with Gasteiger partial charge in [0.05, 0.1) is 13.2 Å². The van der Waals surface area contributed by atoms with Gasteiger partial charge in [-0.2, -0.15) is 4.98 Å². The third-order valence-electron chi connectivity index (χ3n) is 4.73. The second-order valence-electron chi connectivity index (χ2n) is 7.08. The van der Waals surface area contributed by atoms with E-state index in [0.717, 1.165) is 11.3 Å². The van der Waals surface area contributed by atoms with Gasteiger partial charge in [-0.05, 0) is 56.1 Å². The SMILES string of the molecule is COc1cccc(C(CNC(=O)CCc2nc(-c3ccc(F)cc3)no2)N(C)C)c1. The van der Waals surface area contributed by atoms with Gasteiger partial charge >= 0.3 is 0 Å². The lowest BCUT2D eigenvalue weighted by atomic mass is 10.1. The smallest absolute Gasteiger partial charge is 0.227 e. The predicted molar refractivity (Wildman–Crippen MR) is 110 cm³/mol. The minimum absolute atomic E-state index is 0.0116. The number of ether oxygens (including phenoxy) is 1. The zero-order valence-corrected chi connectivity index (χ0v) is 17.3. The van der Waals surface area contributed by atoms with Crippen LogP contribution < -0.4 is 10.1 Å². The Labute approximate surface area is 174 Å². The van der Waals surface area contributed by atoms with Crippen molar-refractivity contribution in [3.05, 3.63) is 65.8 Å². The van der Waals surface area contributed by atoms with E-state index in [1.54, 1.807) is 19.2 Å². The average molecular weight is 412 g/mol. The molecule has 0 saturated carbocycles. The molecular weight excluding hydrogens is 387 g/mol. The average Bonchev–Trinajstić information content (AvgIpc) is 3.22. The lowest BCUT2D eigenvalue weighted by molar-refractivity contribution is -0.121. The summed E-state index contributed by atoms with van der Waals surface area (Å²) >= 11 is 0. The summed E-state index contributed by atoms with van der Waals surface area (Å²) in [6.45, 7) is 0.462. The standard InChI is InChI=1S/C22H25FN4O3/c1-27(2)19(16-5-4-6-18(13-16)29-3)14-24-20(28)11-12-21-25-22(26-30-21)15-7-9-17(23)10-8-15/h4-10,13,19H,11-12,14H2,1-3H3,(H,24,28). The number of hydrogen-bond acceptors (Lipinski definition) is 6. The minimum Gasteiger partial charge on any atom is -0.497 e. The zero-order chi connectivity index (χ0) is 21.5. The van der Waals surface area contributed by atoms with Gasteiger partial charge in [0.15, 0.2) is 0 Å². The van der Waals surface area contributed by atoms with Crippen molar-refractivity contribution in [2.75, 3.05) is 27.7 Å². The number of aromatic nitrogens is 2. The van der Waals surface area contributed by atoms with Crippen LogP contribution in [0.1, 0.15) is 23.9 Å². The fourth-order valence-corrected chi connectivity index (χ4v) is 3.04. The first-order valence-electron chi connectivity index (χ1n) is 9.62. The maximum atomic E-state index is 13.0. The highest BCUT2D eigenvalue weighted by molar-refractivity contribution is 5.76. The Morgan fingerprint density at radius 2 is 2.00 bits per heavy atom. The molecule has 0 bridgehead atoms. The summed E-state index contributed by atoms with van der Waals surface area (Å²) in [6.07, 6.45) is 0.551. The van der Waals surface area contributed by atoms with Gasteiger partial charge in [-0.25, -0.2) is 4.39 Å². The molecule has 1 aromatic heterocycles. The molecular formula is C22H25FN4O3. The summed E-state index contributed by atoms with van der Waals surface area (Å²) in [5.74, 6) is 1.08. The number of amides is 1. The van der Waals surface area contributed by atoms with Crippen LogP contribution in [0.3, 0.4) is 0 Å². The van der Waals surface area contributed by atoms with E-state index in [9.17, 15) is 9.18 Å². The van der Waals surface area contributed by atoms with Gasteiger partial charge < -0.3 is 19.5 Å². The maximum absolute atomic E-state index is 13.0. The highest BCUT2D eigenvalue weighted by atomic mass is 19.1. The van der Waals surface area contributed by atoms with E-state index in [1.807, 2.05) is 43.3 Å². The second-order valence-corrected chi connectivity index (χ2v) is 7.08. The second kappa shape index (κ2) is 9.98. The highest BCUT2D eigenvalue weighted by Gasteiger charge is 2.17. The molecule has 3 rings (SSSR count). The van der Waals surface area contributed by atoms with Gasteiger partial charge in [-0.15, -0.1) is 0 Å². The highest BCUT2D eigenvalue weighted by Crippen LogP contribution is 2.22. The molecule has 8 heteroatoms. The van der Waals surface area contributed by atoms with Crippen LogP contribution in [0.15, 0.2) is 53.1 Å². The Balaban J connectivity index is 1.53. The Hall–Kier alpha value is -3.26.